The molecule has 0 saturated heterocycles. The maximum Gasteiger partial charge on any atom is 0.326 e. The van der Waals surface area contributed by atoms with E-state index in [1.807, 2.05) is 13.8 Å². The first kappa shape index (κ1) is 14.0. The number of nitrogens with zero attached hydrogens (tertiary/aromatic N) is 1. The molecule has 0 aliphatic heterocycles. The summed E-state index contributed by atoms with van der Waals surface area (Å²) in [5, 5.41) is 11.9. The monoisotopic (exact) mass is 251 g/mol. The number of rotatable bonds is 6. The Kier molecular flexibility index (Phi) is 4.65. The lowest BCUT2D eigenvalue weighted by molar-refractivity contribution is -0.138. The van der Waals surface area contributed by atoms with Crippen LogP contribution in [0.1, 0.15) is 30.8 Å². The molecule has 1 amide bonds. The van der Waals surface area contributed by atoms with E-state index in [0.29, 0.717) is 12.2 Å². The van der Waals surface area contributed by atoms with E-state index in [-0.39, 0.29) is 11.6 Å². The summed E-state index contributed by atoms with van der Waals surface area (Å²) >= 11 is 0. The number of aliphatic carboxylic acids is 1. The van der Waals surface area contributed by atoms with Crippen LogP contribution < -0.4 is 11.1 Å². The maximum atomic E-state index is 11.1. The van der Waals surface area contributed by atoms with Crippen molar-refractivity contribution in [1.82, 2.24) is 4.98 Å². The molecule has 1 unspecified atom stereocenters. The zero-order valence-corrected chi connectivity index (χ0v) is 10.4. The van der Waals surface area contributed by atoms with E-state index >= 15 is 0 Å². The van der Waals surface area contributed by atoms with Crippen molar-refractivity contribution in [2.45, 2.75) is 26.3 Å². The molecule has 6 heteroatoms. The number of carbonyl (C=O) groups excluding carboxylic acids is 1. The number of primary amides is 1. The van der Waals surface area contributed by atoms with Crippen molar-refractivity contribution in [3.63, 3.8) is 0 Å². The lowest BCUT2D eigenvalue weighted by Crippen LogP contribution is -2.31. The average Bonchev–Trinajstić information content (AvgIpc) is 2.27. The van der Waals surface area contributed by atoms with Gasteiger partial charge in [0, 0.05) is 0 Å². The van der Waals surface area contributed by atoms with Crippen LogP contribution in [0, 0.1) is 5.92 Å². The van der Waals surface area contributed by atoms with Crippen LogP contribution in [0.3, 0.4) is 0 Å². The van der Waals surface area contributed by atoms with Gasteiger partial charge in [-0.1, -0.05) is 19.9 Å². The Morgan fingerprint density at radius 3 is 2.61 bits per heavy atom. The van der Waals surface area contributed by atoms with Crippen LogP contribution in [-0.2, 0) is 4.79 Å². The van der Waals surface area contributed by atoms with Crippen molar-refractivity contribution >= 4 is 17.7 Å². The Balaban J connectivity index is 2.83. The second-order valence-electron chi connectivity index (χ2n) is 4.44. The summed E-state index contributed by atoms with van der Waals surface area (Å²) in [5.74, 6) is -1.03. The van der Waals surface area contributed by atoms with Crippen molar-refractivity contribution in [2.75, 3.05) is 5.32 Å². The molecule has 0 aromatic carbocycles. The van der Waals surface area contributed by atoms with E-state index in [1.165, 1.54) is 6.07 Å². The highest BCUT2D eigenvalue weighted by molar-refractivity contribution is 5.91. The quantitative estimate of drug-likeness (QED) is 0.701. The standard InChI is InChI=1S/C12H17N3O3/c1-7(2)6-9(12(17)18)15-10-5-3-4-8(14-10)11(13)16/h3-5,7,9H,6H2,1-2H3,(H2,13,16)(H,14,15)(H,17,18). The zero-order valence-electron chi connectivity index (χ0n) is 10.4. The first-order valence-corrected chi connectivity index (χ1v) is 5.66. The lowest BCUT2D eigenvalue weighted by Gasteiger charge is -2.17. The summed E-state index contributed by atoms with van der Waals surface area (Å²) in [7, 11) is 0. The van der Waals surface area contributed by atoms with E-state index < -0.39 is 17.9 Å². The number of aromatic nitrogens is 1. The number of carboxylic acids is 1. The SMILES string of the molecule is CC(C)CC(Nc1cccc(C(N)=O)n1)C(=O)O. The van der Waals surface area contributed by atoms with Crippen LogP contribution in [0.2, 0.25) is 0 Å². The normalized spacial score (nSPS) is 12.2. The van der Waals surface area contributed by atoms with E-state index in [0.717, 1.165) is 0 Å². The van der Waals surface area contributed by atoms with Gasteiger partial charge in [0.1, 0.15) is 17.6 Å². The molecule has 0 radical (unpaired) electrons. The molecule has 1 heterocycles. The fourth-order valence-corrected chi connectivity index (χ4v) is 1.52. The highest BCUT2D eigenvalue weighted by Crippen LogP contribution is 2.12. The molecule has 0 spiro atoms. The van der Waals surface area contributed by atoms with Crippen LogP contribution in [0.5, 0.6) is 0 Å². The lowest BCUT2D eigenvalue weighted by atomic mass is 10.0. The van der Waals surface area contributed by atoms with Gasteiger partial charge in [-0.25, -0.2) is 9.78 Å². The Labute approximate surface area is 105 Å². The minimum Gasteiger partial charge on any atom is -0.480 e. The van der Waals surface area contributed by atoms with Crippen LogP contribution in [-0.4, -0.2) is 28.0 Å². The Hall–Kier alpha value is -2.11. The molecule has 4 N–H and O–H groups in total. The number of carbonyl (C=O) groups is 2. The Morgan fingerprint density at radius 2 is 2.11 bits per heavy atom. The van der Waals surface area contributed by atoms with Crippen molar-refractivity contribution in [2.24, 2.45) is 11.7 Å². The highest BCUT2D eigenvalue weighted by atomic mass is 16.4. The van der Waals surface area contributed by atoms with Crippen LogP contribution in [0.4, 0.5) is 5.82 Å². The van der Waals surface area contributed by atoms with Gasteiger partial charge in [0.05, 0.1) is 0 Å². The van der Waals surface area contributed by atoms with Gasteiger partial charge in [-0.15, -0.1) is 0 Å². The molecule has 0 bridgehead atoms. The summed E-state index contributed by atoms with van der Waals surface area (Å²) < 4.78 is 0. The number of anilines is 1. The smallest absolute Gasteiger partial charge is 0.326 e. The van der Waals surface area contributed by atoms with Crippen LogP contribution in [0.15, 0.2) is 18.2 Å². The molecular formula is C12H17N3O3. The third-order valence-corrected chi connectivity index (χ3v) is 2.33. The largest absolute Gasteiger partial charge is 0.480 e. The van der Waals surface area contributed by atoms with Gasteiger partial charge in [-0.2, -0.15) is 0 Å². The molecule has 0 aliphatic carbocycles. The fraction of sp³-hybridized carbons (Fsp3) is 0.417. The predicted octanol–water partition coefficient (Wildman–Crippen LogP) is 1.09. The van der Waals surface area contributed by atoms with E-state index in [4.69, 9.17) is 10.8 Å². The van der Waals surface area contributed by atoms with E-state index in [2.05, 4.69) is 10.3 Å². The minimum atomic E-state index is -0.949. The third-order valence-electron chi connectivity index (χ3n) is 2.33. The molecule has 1 rings (SSSR count). The minimum absolute atomic E-state index is 0.105. The van der Waals surface area contributed by atoms with Gasteiger partial charge < -0.3 is 16.2 Å². The number of hydrogen-bond donors (Lipinski definition) is 3. The Morgan fingerprint density at radius 1 is 1.44 bits per heavy atom. The van der Waals surface area contributed by atoms with Crippen LogP contribution >= 0.6 is 0 Å². The van der Waals surface area contributed by atoms with Crippen molar-refractivity contribution < 1.29 is 14.7 Å². The van der Waals surface area contributed by atoms with E-state index in [9.17, 15) is 9.59 Å². The topological polar surface area (TPSA) is 105 Å². The molecule has 1 aromatic heterocycles. The molecule has 18 heavy (non-hydrogen) atoms. The van der Waals surface area contributed by atoms with Gasteiger partial charge in [0.25, 0.3) is 5.91 Å². The maximum absolute atomic E-state index is 11.1. The van der Waals surface area contributed by atoms with Gasteiger partial charge in [-0.05, 0) is 24.5 Å². The molecule has 0 aliphatic rings. The molecule has 0 fully saturated rings. The number of nitrogens with two attached hydrogens (primary N) is 1. The summed E-state index contributed by atoms with van der Waals surface area (Å²) in [6.45, 7) is 3.87. The van der Waals surface area contributed by atoms with Crippen LogP contribution in [0.25, 0.3) is 0 Å². The van der Waals surface area contributed by atoms with Gasteiger partial charge in [0.15, 0.2) is 0 Å². The number of amides is 1. The summed E-state index contributed by atoms with van der Waals surface area (Å²) in [6, 6.07) is 3.94. The molecular weight excluding hydrogens is 234 g/mol. The third kappa shape index (κ3) is 4.04. The Bertz CT molecular complexity index is 446. The molecule has 98 valence electrons. The summed E-state index contributed by atoms with van der Waals surface area (Å²) in [5.41, 5.74) is 5.21. The number of hydrogen-bond acceptors (Lipinski definition) is 4. The number of pyridine rings is 1. The summed E-state index contributed by atoms with van der Waals surface area (Å²) in [6.07, 6.45) is 0.470. The fourth-order valence-electron chi connectivity index (χ4n) is 1.52. The first-order chi connectivity index (χ1) is 8.40. The summed E-state index contributed by atoms with van der Waals surface area (Å²) in [4.78, 5) is 26.0. The molecule has 0 saturated carbocycles. The number of carboxylic acid groups (broad SMARTS) is 1. The van der Waals surface area contributed by atoms with Gasteiger partial charge in [0.2, 0.25) is 0 Å². The predicted molar refractivity (Wildman–Crippen MR) is 67.3 cm³/mol. The van der Waals surface area contributed by atoms with Gasteiger partial charge in [-0.3, -0.25) is 4.79 Å². The second-order valence-corrected chi connectivity index (χ2v) is 4.44. The second kappa shape index (κ2) is 6.00. The highest BCUT2D eigenvalue weighted by Gasteiger charge is 2.19. The van der Waals surface area contributed by atoms with Crippen molar-refractivity contribution in [3.05, 3.63) is 23.9 Å². The van der Waals surface area contributed by atoms with Crippen molar-refractivity contribution in [3.8, 4) is 0 Å². The zero-order chi connectivity index (χ0) is 13.7. The van der Waals surface area contributed by atoms with E-state index in [1.54, 1.807) is 12.1 Å². The molecule has 6 nitrogen and oxygen atoms in total. The van der Waals surface area contributed by atoms with Crippen molar-refractivity contribution in [1.29, 1.82) is 0 Å². The first-order valence-electron chi connectivity index (χ1n) is 5.66. The average molecular weight is 251 g/mol. The number of nitrogens with one attached hydrogen (secondary N) is 1. The van der Waals surface area contributed by atoms with Gasteiger partial charge >= 0.3 is 5.97 Å². The molecule has 1 atom stereocenters. The molecule has 1 aromatic rings.